The zero-order valence-electron chi connectivity index (χ0n) is 22.7. The average molecular weight is 521 g/mol. The van der Waals surface area contributed by atoms with Crippen molar-refractivity contribution >= 4 is 29.0 Å². The van der Waals surface area contributed by atoms with Gasteiger partial charge in [0.1, 0.15) is 0 Å². The third-order valence-electron chi connectivity index (χ3n) is 7.34. The number of nitrogens with zero attached hydrogens (tertiary/aromatic N) is 2. The summed E-state index contributed by atoms with van der Waals surface area (Å²) in [6, 6.07) is 30.6. The molecule has 0 N–H and O–H groups in total. The van der Waals surface area contributed by atoms with Crippen LogP contribution >= 0.6 is 0 Å². The van der Waals surface area contributed by atoms with Crippen LogP contribution in [0.5, 0.6) is 0 Å². The van der Waals surface area contributed by atoms with E-state index >= 15 is 0 Å². The number of hydrogen-bond donors (Lipinski definition) is 0. The van der Waals surface area contributed by atoms with E-state index in [1.165, 1.54) is 7.11 Å². The van der Waals surface area contributed by atoms with E-state index in [1.54, 1.807) is 18.2 Å². The van der Waals surface area contributed by atoms with E-state index in [0.717, 1.165) is 35.6 Å². The number of esters is 2. The number of para-hydroxylation sites is 2. The zero-order valence-corrected chi connectivity index (χ0v) is 22.7. The summed E-state index contributed by atoms with van der Waals surface area (Å²) in [5.41, 5.74) is 4.35. The molecular weight excluding hydrogens is 488 g/mol. The second-order valence-corrected chi connectivity index (χ2v) is 9.43. The summed E-state index contributed by atoms with van der Waals surface area (Å²) in [4.78, 5) is 30.8. The SMILES string of the molecule is CCN(CC)c1ccc(C2(N(c3ccccc3)c3ccccc3C(=O)OC)OC(=O)c3ccccc32)c(C)c1. The van der Waals surface area contributed by atoms with Crippen molar-refractivity contribution in [1.82, 2.24) is 0 Å². The molecule has 1 unspecified atom stereocenters. The van der Waals surface area contributed by atoms with Crippen molar-refractivity contribution in [2.45, 2.75) is 26.5 Å². The molecule has 0 bridgehead atoms. The van der Waals surface area contributed by atoms with Gasteiger partial charge >= 0.3 is 11.9 Å². The van der Waals surface area contributed by atoms with E-state index in [0.29, 0.717) is 22.4 Å². The minimum absolute atomic E-state index is 0.362. The standard InChI is InChI=1S/C33H32N2O4/c1-5-34(6-2)25-20-21-28(23(3)22-25)33(29-18-12-10-16-26(29)32(37)39-33)35(24-14-8-7-9-15-24)30-19-13-11-17-27(30)31(36)38-4/h7-22H,5-6H2,1-4H3. The molecule has 6 heteroatoms. The molecule has 0 aliphatic carbocycles. The van der Waals surface area contributed by atoms with Gasteiger partial charge in [-0.05, 0) is 68.8 Å². The maximum Gasteiger partial charge on any atom is 0.341 e. The van der Waals surface area contributed by atoms with Crippen molar-refractivity contribution in [2.75, 3.05) is 30.0 Å². The Labute approximate surface area is 229 Å². The molecule has 0 saturated heterocycles. The molecule has 4 aromatic carbocycles. The van der Waals surface area contributed by atoms with E-state index in [-0.39, 0.29) is 0 Å². The van der Waals surface area contributed by atoms with Crippen LogP contribution in [0.15, 0.2) is 97.1 Å². The average Bonchev–Trinajstić information content (AvgIpc) is 3.27. The van der Waals surface area contributed by atoms with Crippen LogP contribution in [-0.2, 0) is 15.2 Å². The third-order valence-corrected chi connectivity index (χ3v) is 7.34. The normalized spacial score (nSPS) is 15.8. The van der Waals surface area contributed by atoms with Crippen molar-refractivity contribution in [1.29, 1.82) is 0 Å². The lowest BCUT2D eigenvalue weighted by atomic mass is 9.87. The third kappa shape index (κ3) is 4.32. The van der Waals surface area contributed by atoms with Crippen LogP contribution in [0, 0.1) is 6.92 Å². The molecule has 0 radical (unpaired) electrons. The fourth-order valence-electron chi connectivity index (χ4n) is 5.52. The van der Waals surface area contributed by atoms with Crippen molar-refractivity contribution < 1.29 is 19.1 Å². The van der Waals surface area contributed by atoms with Gasteiger partial charge in [0.05, 0.1) is 23.9 Å². The number of carbonyl (C=O) groups is 2. The van der Waals surface area contributed by atoms with E-state index in [2.05, 4.69) is 30.9 Å². The quantitative estimate of drug-likeness (QED) is 0.237. The van der Waals surface area contributed by atoms with Gasteiger partial charge in [-0.15, -0.1) is 0 Å². The van der Waals surface area contributed by atoms with Gasteiger partial charge in [-0.3, -0.25) is 4.90 Å². The second-order valence-electron chi connectivity index (χ2n) is 9.43. The van der Waals surface area contributed by atoms with Crippen LogP contribution in [0.2, 0.25) is 0 Å². The highest BCUT2D eigenvalue weighted by Crippen LogP contribution is 2.51. The fraction of sp³-hybridized carbons (Fsp3) is 0.212. The summed E-state index contributed by atoms with van der Waals surface area (Å²) >= 11 is 0. The predicted molar refractivity (Wildman–Crippen MR) is 154 cm³/mol. The number of methoxy groups -OCH3 is 1. The van der Waals surface area contributed by atoms with Gasteiger partial charge in [-0.2, -0.15) is 0 Å². The first-order valence-corrected chi connectivity index (χ1v) is 13.2. The van der Waals surface area contributed by atoms with Crippen LogP contribution in [0.4, 0.5) is 17.1 Å². The molecule has 4 aromatic rings. The molecule has 1 aliphatic rings. The van der Waals surface area contributed by atoms with Crippen molar-refractivity contribution in [3.63, 3.8) is 0 Å². The Morgan fingerprint density at radius 2 is 1.49 bits per heavy atom. The van der Waals surface area contributed by atoms with Crippen LogP contribution < -0.4 is 9.80 Å². The van der Waals surface area contributed by atoms with Gasteiger partial charge in [0.15, 0.2) is 0 Å². The predicted octanol–water partition coefficient (Wildman–Crippen LogP) is 6.84. The van der Waals surface area contributed by atoms with Gasteiger partial charge in [-0.1, -0.05) is 54.6 Å². The number of aryl methyl sites for hydroxylation is 1. The lowest BCUT2D eigenvalue weighted by molar-refractivity contribution is 0.0131. The number of carbonyl (C=O) groups excluding carboxylic acids is 2. The molecule has 1 heterocycles. The Balaban J connectivity index is 1.87. The number of hydrogen-bond acceptors (Lipinski definition) is 6. The maximum atomic E-state index is 13.5. The topological polar surface area (TPSA) is 59.1 Å². The van der Waals surface area contributed by atoms with Gasteiger partial charge in [0, 0.05) is 35.6 Å². The lowest BCUT2D eigenvalue weighted by Gasteiger charge is -2.43. The lowest BCUT2D eigenvalue weighted by Crippen LogP contribution is -2.46. The summed E-state index contributed by atoms with van der Waals surface area (Å²) in [7, 11) is 1.36. The highest BCUT2D eigenvalue weighted by molar-refractivity contribution is 6.00. The van der Waals surface area contributed by atoms with E-state index in [9.17, 15) is 9.59 Å². The highest BCUT2D eigenvalue weighted by Gasteiger charge is 2.53. The zero-order chi connectivity index (χ0) is 27.6. The van der Waals surface area contributed by atoms with E-state index in [1.807, 2.05) is 78.6 Å². The summed E-state index contributed by atoms with van der Waals surface area (Å²) in [6.07, 6.45) is 0. The number of rotatable bonds is 8. The van der Waals surface area contributed by atoms with Crippen LogP contribution in [0.1, 0.15) is 51.3 Å². The Hall–Kier alpha value is -4.58. The number of anilines is 3. The van der Waals surface area contributed by atoms with Crippen LogP contribution in [0.3, 0.4) is 0 Å². The van der Waals surface area contributed by atoms with Crippen molar-refractivity contribution in [2.24, 2.45) is 0 Å². The number of ether oxygens (including phenoxy) is 2. The number of cyclic esters (lactones) is 1. The Morgan fingerprint density at radius 3 is 2.18 bits per heavy atom. The first kappa shape index (κ1) is 26.0. The molecule has 0 spiro atoms. The smallest absolute Gasteiger partial charge is 0.341 e. The van der Waals surface area contributed by atoms with Gasteiger partial charge in [0.25, 0.3) is 0 Å². The molecule has 5 rings (SSSR count). The monoisotopic (exact) mass is 520 g/mol. The summed E-state index contributed by atoms with van der Waals surface area (Å²) in [6.45, 7) is 8.05. The van der Waals surface area contributed by atoms with E-state index in [4.69, 9.17) is 9.47 Å². The molecule has 0 saturated carbocycles. The molecule has 1 atom stereocenters. The molecule has 198 valence electrons. The first-order valence-electron chi connectivity index (χ1n) is 13.2. The second kappa shape index (κ2) is 10.7. The summed E-state index contributed by atoms with van der Waals surface area (Å²) < 4.78 is 11.7. The largest absolute Gasteiger partial charge is 0.465 e. The van der Waals surface area contributed by atoms with Gasteiger partial charge in [-0.25, -0.2) is 9.59 Å². The minimum atomic E-state index is -1.38. The van der Waals surface area contributed by atoms with Gasteiger partial charge in [0.2, 0.25) is 5.72 Å². The summed E-state index contributed by atoms with van der Waals surface area (Å²) in [5, 5.41) is 0. The molecule has 0 aromatic heterocycles. The first-order chi connectivity index (χ1) is 19.0. The Bertz CT molecular complexity index is 1510. The Morgan fingerprint density at radius 1 is 0.821 bits per heavy atom. The number of fused-ring (bicyclic) bond motifs is 1. The molecule has 0 amide bonds. The molecule has 39 heavy (non-hydrogen) atoms. The molecule has 0 fully saturated rings. The molecule has 1 aliphatic heterocycles. The Kier molecular flexibility index (Phi) is 7.11. The van der Waals surface area contributed by atoms with Crippen molar-refractivity contribution in [3.05, 3.63) is 125 Å². The van der Waals surface area contributed by atoms with Crippen molar-refractivity contribution in [3.8, 4) is 0 Å². The van der Waals surface area contributed by atoms with Crippen LogP contribution in [0.25, 0.3) is 0 Å². The number of benzene rings is 4. The van der Waals surface area contributed by atoms with Crippen LogP contribution in [-0.4, -0.2) is 32.1 Å². The fourth-order valence-corrected chi connectivity index (χ4v) is 5.52. The van der Waals surface area contributed by atoms with E-state index < -0.39 is 17.7 Å². The molecule has 6 nitrogen and oxygen atoms in total. The highest BCUT2D eigenvalue weighted by atomic mass is 16.6. The maximum absolute atomic E-state index is 13.5. The van der Waals surface area contributed by atoms with Gasteiger partial charge < -0.3 is 14.4 Å². The minimum Gasteiger partial charge on any atom is -0.465 e. The summed E-state index contributed by atoms with van der Waals surface area (Å²) in [5.74, 6) is -0.901. The molecular formula is C33H32N2O4.